The number of hydrogen-bond donors (Lipinski definition) is 2. The maximum Gasteiger partial charge on any atom is 0.232 e. The lowest BCUT2D eigenvalue weighted by atomic mass is 10.4. The lowest BCUT2D eigenvalue weighted by molar-refractivity contribution is 0.122. The van der Waals surface area contributed by atoms with E-state index in [-0.39, 0.29) is 0 Å². The van der Waals surface area contributed by atoms with E-state index in [0.717, 1.165) is 19.6 Å². The summed E-state index contributed by atoms with van der Waals surface area (Å²) >= 11 is 0. The van der Waals surface area contributed by atoms with E-state index < -0.39 is 0 Å². The van der Waals surface area contributed by atoms with Gasteiger partial charge in [0.1, 0.15) is 0 Å². The van der Waals surface area contributed by atoms with Crippen molar-refractivity contribution in [3.8, 4) is 0 Å². The van der Waals surface area contributed by atoms with Crippen molar-refractivity contribution >= 4 is 17.8 Å². The fourth-order valence-corrected chi connectivity index (χ4v) is 1.97. The van der Waals surface area contributed by atoms with Gasteiger partial charge in [-0.2, -0.15) is 15.0 Å². The van der Waals surface area contributed by atoms with Crippen molar-refractivity contribution in [1.29, 1.82) is 0 Å². The molecule has 1 aliphatic rings. The van der Waals surface area contributed by atoms with Gasteiger partial charge in [-0.25, -0.2) is 0 Å². The number of rotatable bonds is 8. The Kier molecular flexibility index (Phi) is 6.42. The molecule has 1 aromatic rings. The molecule has 1 saturated heterocycles. The third kappa shape index (κ3) is 4.98. The van der Waals surface area contributed by atoms with Gasteiger partial charge in [-0.05, 0) is 13.8 Å². The minimum Gasteiger partial charge on any atom is -0.380 e. The second-order valence-corrected chi connectivity index (χ2v) is 4.54. The normalized spacial score (nSPS) is 15.0. The van der Waals surface area contributed by atoms with Crippen molar-refractivity contribution in [2.24, 2.45) is 0 Å². The van der Waals surface area contributed by atoms with E-state index in [4.69, 9.17) is 9.47 Å². The summed E-state index contributed by atoms with van der Waals surface area (Å²) in [6.07, 6.45) is 0. The van der Waals surface area contributed by atoms with Crippen molar-refractivity contribution in [3.63, 3.8) is 0 Å². The van der Waals surface area contributed by atoms with Crippen molar-refractivity contribution in [2.45, 2.75) is 13.8 Å². The Bertz CT molecular complexity index is 425. The Morgan fingerprint density at radius 2 is 1.81 bits per heavy atom. The largest absolute Gasteiger partial charge is 0.380 e. The molecule has 0 radical (unpaired) electrons. The minimum atomic E-state index is 0.571. The van der Waals surface area contributed by atoms with E-state index in [0.29, 0.717) is 50.8 Å². The standard InChI is InChI=1S/C13H24N6O2/c1-3-14-11-16-12(15-5-8-20-4-2)18-13(17-11)19-6-9-21-10-7-19/h3-10H2,1-2H3,(H2,14,15,16,17,18). The number of ether oxygens (including phenoxy) is 2. The smallest absolute Gasteiger partial charge is 0.232 e. The van der Waals surface area contributed by atoms with E-state index in [1.54, 1.807) is 0 Å². The van der Waals surface area contributed by atoms with Crippen molar-refractivity contribution in [1.82, 2.24) is 15.0 Å². The number of hydrogen-bond acceptors (Lipinski definition) is 8. The van der Waals surface area contributed by atoms with Crippen LogP contribution in [0.15, 0.2) is 0 Å². The van der Waals surface area contributed by atoms with Gasteiger partial charge in [0.05, 0.1) is 19.8 Å². The highest BCUT2D eigenvalue weighted by Gasteiger charge is 2.16. The van der Waals surface area contributed by atoms with Gasteiger partial charge in [0.25, 0.3) is 0 Å². The Balaban J connectivity index is 2.05. The van der Waals surface area contributed by atoms with Crippen molar-refractivity contribution in [3.05, 3.63) is 0 Å². The molecule has 1 fully saturated rings. The Morgan fingerprint density at radius 3 is 2.48 bits per heavy atom. The van der Waals surface area contributed by atoms with Crippen LogP contribution in [0.3, 0.4) is 0 Å². The lowest BCUT2D eigenvalue weighted by Crippen LogP contribution is -2.37. The third-order valence-electron chi connectivity index (χ3n) is 2.99. The molecule has 0 saturated carbocycles. The van der Waals surface area contributed by atoms with Gasteiger partial charge in [-0.1, -0.05) is 0 Å². The number of nitrogens with zero attached hydrogens (tertiary/aromatic N) is 4. The van der Waals surface area contributed by atoms with Gasteiger partial charge in [-0.3, -0.25) is 0 Å². The average Bonchev–Trinajstić information content (AvgIpc) is 2.53. The van der Waals surface area contributed by atoms with Crippen LogP contribution in [0.2, 0.25) is 0 Å². The van der Waals surface area contributed by atoms with Crippen LogP contribution in [-0.2, 0) is 9.47 Å². The number of anilines is 3. The van der Waals surface area contributed by atoms with Crippen LogP contribution in [0.25, 0.3) is 0 Å². The van der Waals surface area contributed by atoms with Gasteiger partial charge >= 0.3 is 0 Å². The highest BCUT2D eigenvalue weighted by molar-refractivity contribution is 5.44. The van der Waals surface area contributed by atoms with Crippen molar-refractivity contribution < 1.29 is 9.47 Å². The highest BCUT2D eigenvalue weighted by Crippen LogP contribution is 2.14. The minimum absolute atomic E-state index is 0.571. The molecule has 8 nitrogen and oxygen atoms in total. The summed E-state index contributed by atoms with van der Waals surface area (Å²) in [4.78, 5) is 15.4. The summed E-state index contributed by atoms with van der Waals surface area (Å²) in [5, 5.41) is 6.31. The van der Waals surface area contributed by atoms with E-state index in [1.807, 2.05) is 13.8 Å². The van der Waals surface area contributed by atoms with Crippen LogP contribution in [0.1, 0.15) is 13.8 Å². The third-order valence-corrected chi connectivity index (χ3v) is 2.99. The number of nitrogens with one attached hydrogen (secondary N) is 2. The zero-order valence-electron chi connectivity index (χ0n) is 12.8. The van der Waals surface area contributed by atoms with E-state index in [2.05, 4.69) is 30.5 Å². The highest BCUT2D eigenvalue weighted by atomic mass is 16.5. The summed E-state index contributed by atoms with van der Waals surface area (Å²) in [5.41, 5.74) is 0. The van der Waals surface area contributed by atoms with E-state index in [9.17, 15) is 0 Å². The first-order valence-corrected chi connectivity index (χ1v) is 7.47. The molecule has 0 aliphatic carbocycles. The Labute approximate surface area is 125 Å². The second kappa shape index (κ2) is 8.58. The quantitative estimate of drug-likeness (QED) is 0.674. The summed E-state index contributed by atoms with van der Waals surface area (Å²) in [5.74, 6) is 1.85. The predicted octanol–water partition coefficient (Wildman–Crippen LogP) is 0.588. The fraction of sp³-hybridized carbons (Fsp3) is 0.769. The maximum atomic E-state index is 5.36. The lowest BCUT2D eigenvalue weighted by Gasteiger charge is -2.27. The maximum absolute atomic E-state index is 5.36. The summed E-state index contributed by atoms with van der Waals surface area (Å²) in [7, 11) is 0. The molecular weight excluding hydrogens is 272 g/mol. The molecule has 2 N–H and O–H groups in total. The monoisotopic (exact) mass is 296 g/mol. The first-order valence-electron chi connectivity index (χ1n) is 7.47. The molecule has 0 atom stereocenters. The van der Waals surface area contributed by atoms with Gasteiger partial charge in [-0.15, -0.1) is 0 Å². The fourth-order valence-electron chi connectivity index (χ4n) is 1.97. The SMILES string of the molecule is CCNc1nc(NCCOCC)nc(N2CCOCC2)n1. The molecule has 0 bridgehead atoms. The van der Waals surface area contributed by atoms with Gasteiger partial charge < -0.3 is 25.0 Å². The number of morpholine rings is 1. The molecule has 0 unspecified atom stereocenters. The molecule has 0 spiro atoms. The molecule has 8 heteroatoms. The van der Waals surface area contributed by atoms with Gasteiger partial charge in [0.15, 0.2) is 0 Å². The van der Waals surface area contributed by atoms with Crippen LogP contribution in [-0.4, -0.2) is 67.6 Å². The summed E-state index contributed by atoms with van der Waals surface area (Å²) < 4.78 is 10.7. The molecule has 2 rings (SSSR count). The Hall–Kier alpha value is -1.67. The van der Waals surface area contributed by atoms with Crippen LogP contribution in [0.4, 0.5) is 17.8 Å². The molecule has 21 heavy (non-hydrogen) atoms. The molecule has 1 aromatic heterocycles. The van der Waals surface area contributed by atoms with Gasteiger partial charge in [0.2, 0.25) is 17.8 Å². The summed E-state index contributed by atoms with van der Waals surface area (Å²) in [6, 6.07) is 0. The first-order chi connectivity index (χ1) is 10.3. The second-order valence-electron chi connectivity index (χ2n) is 4.54. The zero-order valence-corrected chi connectivity index (χ0v) is 12.8. The van der Waals surface area contributed by atoms with Gasteiger partial charge in [0, 0.05) is 32.8 Å². The molecule has 2 heterocycles. The Morgan fingerprint density at radius 1 is 1.10 bits per heavy atom. The van der Waals surface area contributed by atoms with Crippen molar-refractivity contribution in [2.75, 3.05) is 68.1 Å². The van der Waals surface area contributed by atoms with E-state index >= 15 is 0 Å². The van der Waals surface area contributed by atoms with Crippen LogP contribution >= 0.6 is 0 Å². The van der Waals surface area contributed by atoms with Crippen LogP contribution in [0, 0.1) is 0 Å². The summed E-state index contributed by atoms with van der Waals surface area (Å²) in [6.45, 7) is 9.78. The molecule has 1 aliphatic heterocycles. The zero-order chi connectivity index (χ0) is 14.9. The number of aromatic nitrogens is 3. The van der Waals surface area contributed by atoms with Crippen LogP contribution < -0.4 is 15.5 Å². The topological polar surface area (TPSA) is 84.4 Å². The molecule has 118 valence electrons. The van der Waals surface area contributed by atoms with E-state index in [1.165, 1.54) is 0 Å². The molecular formula is C13H24N6O2. The first kappa shape index (κ1) is 15.7. The average molecular weight is 296 g/mol. The predicted molar refractivity (Wildman–Crippen MR) is 82.0 cm³/mol. The molecule has 0 aromatic carbocycles. The molecule has 0 amide bonds. The van der Waals surface area contributed by atoms with Crippen LogP contribution in [0.5, 0.6) is 0 Å².